The Hall–Kier alpha value is -1.28. The highest BCUT2D eigenvalue weighted by molar-refractivity contribution is 7.89. The second kappa shape index (κ2) is 6.65. The molecule has 0 aliphatic heterocycles. The Kier molecular flexibility index (Phi) is 5.10. The van der Waals surface area contributed by atoms with Crippen molar-refractivity contribution in [3.63, 3.8) is 0 Å². The fourth-order valence-electron chi connectivity index (χ4n) is 1.95. The number of aryl methyl sites for hydroxylation is 1. The first-order chi connectivity index (χ1) is 9.92. The van der Waals surface area contributed by atoms with E-state index in [1.54, 1.807) is 31.3 Å². The lowest BCUT2D eigenvalue weighted by atomic mass is 10.2. The van der Waals surface area contributed by atoms with Crippen molar-refractivity contribution in [2.45, 2.75) is 31.3 Å². The van der Waals surface area contributed by atoms with Gasteiger partial charge < -0.3 is 5.32 Å². The molecule has 0 fully saturated rings. The molecule has 2 aromatic rings. The van der Waals surface area contributed by atoms with E-state index in [0.29, 0.717) is 6.54 Å². The van der Waals surface area contributed by atoms with E-state index in [2.05, 4.69) is 15.0 Å². The summed E-state index contributed by atoms with van der Waals surface area (Å²) < 4.78 is 27.5. The van der Waals surface area contributed by atoms with Crippen LogP contribution in [0.4, 0.5) is 0 Å². The molecular formula is C14H19N3O2S2. The van der Waals surface area contributed by atoms with Crippen LogP contribution in [0.2, 0.25) is 0 Å². The van der Waals surface area contributed by atoms with Crippen molar-refractivity contribution in [3.05, 3.63) is 45.9 Å². The second-order valence-corrected chi connectivity index (χ2v) is 7.81. The number of nitrogens with one attached hydrogen (secondary N) is 2. The van der Waals surface area contributed by atoms with Gasteiger partial charge in [-0.3, -0.25) is 0 Å². The molecule has 7 heteroatoms. The van der Waals surface area contributed by atoms with Gasteiger partial charge in [-0.2, -0.15) is 0 Å². The molecule has 0 radical (unpaired) electrons. The number of hydrogen-bond acceptors (Lipinski definition) is 5. The smallest absolute Gasteiger partial charge is 0.241 e. The largest absolute Gasteiger partial charge is 0.316 e. The Balaban J connectivity index is 2.19. The first-order valence-electron chi connectivity index (χ1n) is 6.60. The zero-order chi connectivity index (χ0) is 15.5. The summed E-state index contributed by atoms with van der Waals surface area (Å²) in [5.41, 5.74) is 0.929. The van der Waals surface area contributed by atoms with Crippen LogP contribution < -0.4 is 10.0 Å². The number of aromatic nitrogens is 1. The third-order valence-electron chi connectivity index (χ3n) is 2.93. The maximum Gasteiger partial charge on any atom is 0.241 e. The molecule has 1 aromatic carbocycles. The van der Waals surface area contributed by atoms with Crippen molar-refractivity contribution in [3.8, 4) is 0 Å². The van der Waals surface area contributed by atoms with E-state index in [1.807, 2.05) is 20.0 Å². The molecule has 1 aromatic heterocycles. The topological polar surface area (TPSA) is 71.1 Å². The van der Waals surface area contributed by atoms with Crippen LogP contribution in [0.1, 0.15) is 28.4 Å². The molecule has 0 saturated heterocycles. The molecule has 0 spiro atoms. The highest BCUT2D eigenvalue weighted by atomic mass is 32.2. The molecule has 0 saturated carbocycles. The summed E-state index contributed by atoms with van der Waals surface area (Å²) in [6.45, 7) is 4.38. The zero-order valence-corrected chi connectivity index (χ0v) is 13.9. The third-order valence-corrected chi connectivity index (χ3v) is 5.57. The number of rotatable bonds is 6. The van der Waals surface area contributed by atoms with Crippen LogP contribution >= 0.6 is 11.3 Å². The van der Waals surface area contributed by atoms with Crippen LogP contribution in [0.15, 0.2) is 35.4 Å². The van der Waals surface area contributed by atoms with Gasteiger partial charge in [-0.1, -0.05) is 12.1 Å². The predicted octanol–water partition coefficient (Wildman–Crippen LogP) is 2.21. The number of hydrogen-bond donors (Lipinski definition) is 2. The molecule has 0 amide bonds. The van der Waals surface area contributed by atoms with Crippen LogP contribution in [0.5, 0.6) is 0 Å². The number of thiazole rings is 1. The Bertz CT molecular complexity index is 711. The van der Waals surface area contributed by atoms with Gasteiger partial charge in [-0.15, -0.1) is 11.3 Å². The van der Waals surface area contributed by atoms with Gasteiger partial charge in [0.1, 0.15) is 5.01 Å². The van der Waals surface area contributed by atoms with Crippen LogP contribution in [-0.4, -0.2) is 20.4 Å². The molecular weight excluding hydrogens is 306 g/mol. The minimum atomic E-state index is -3.55. The molecule has 0 aliphatic carbocycles. The van der Waals surface area contributed by atoms with Gasteiger partial charge in [-0.25, -0.2) is 18.1 Å². The van der Waals surface area contributed by atoms with Crippen LogP contribution in [0, 0.1) is 6.92 Å². The number of nitrogens with zero attached hydrogens (tertiary/aromatic N) is 1. The van der Waals surface area contributed by atoms with Crippen molar-refractivity contribution < 1.29 is 8.42 Å². The third kappa shape index (κ3) is 4.10. The standard InChI is InChI=1S/C14H19N3O2S2/c1-10-8-16-14(20-10)11(2)17-21(18,19)13-6-4-5-12(7-13)9-15-3/h4-8,11,15,17H,9H2,1-3H3. The Labute approximate surface area is 129 Å². The fraction of sp³-hybridized carbons (Fsp3) is 0.357. The Morgan fingerprint density at radius 3 is 2.76 bits per heavy atom. The maximum absolute atomic E-state index is 12.4. The SMILES string of the molecule is CNCc1cccc(S(=O)(=O)NC(C)c2ncc(C)s2)c1. The number of sulfonamides is 1. The highest BCUT2D eigenvalue weighted by Gasteiger charge is 2.20. The summed E-state index contributed by atoms with van der Waals surface area (Å²) in [6, 6.07) is 6.57. The van der Waals surface area contributed by atoms with Gasteiger partial charge in [0.25, 0.3) is 0 Å². The van der Waals surface area contributed by atoms with E-state index in [1.165, 1.54) is 11.3 Å². The van der Waals surface area contributed by atoms with Gasteiger partial charge in [0.05, 0.1) is 10.9 Å². The molecule has 0 bridgehead atoms. The zero-order valence-electron chi connectivity index (χ0n) is 12.3. The number of benzene rings is 1. The van der Waals surface area contributed by atoms with E-state index < -0.39 is 10.0 Å². The molecule has 5 nitrogen and oxygen atoms in total. The summed E-state index contributed by atoms with van der Waals surface area (Å²) in [4.78, 5) is 5.56. The first-order valence-corrected chi connectivity index (χ1v) is 8.90. The quantitative estimate of drug-likeness (QED) is 0.854. The summed E-state index contributed by atoms with van der Waals surface area (Å²) in [5.74, 6) is 0. The van der Waals surface area contributed by atoms with Crippen molar-refractivity contribution >= 4 is 21.4 Å². The molecule has 114 valence electrons. The molecule has 1 heterocycles. The molecule has 1 atom stereocenters. The van der Waals surface area contributed by atoms with Crippen LogP contribution in [0.25, 0.3) is 0 Å². The molecule has 2 N–H and O–H groups in total. The minimum Gasteiger partial charge on any atom is -0.316 e. The summed E-state index contributed by atoms with van der Waals surface area (Å²) in [6.07, 6.45) is 1.75. The average Bonchev–Trinajstić information content (AvgIpc) is 2.86. The molecule has 0 aliphatic rings. The van der Waals surface area contributed by atoms with E-state index in [4.69, 9.17) is 0 Å². The van der Waals surface area contributed by atoms with Crippen molar-refractivity contribution in [2.75, 3.05) is 7.05 Å². The lowest BCUT2D eigenvalue weighted by Crippen LogP contribution is -2.27. The summed E-state index contributed by atoms with van der Waals surface area (Å²) in [5, 5.41) is 3.77. The summed E-state index contributed by atoms with van der Waals surface area (Å²) >= 11 is 1.49. The lowest BCUT2D eigenvalue weighted by Gasteiger charge is -2.12. The Morgan fingerprint density at radius 2 is 2.14 bits per heavy atom. The van der Waals surface area contributed by atoms with Crippen molar-refractivity contribution in [1.29, 1.82) is 0 Å². The Morgan fingerprint density at radius 1 is 1.38 bits per heavy atom. The second-order valence-electron chi connectivity index (χ2n) is 4.83. The molecule has 2 rings (SSSR count). The van der Waals surface area contributed by atoms with Gasteiger partial charge >= 0.3 is 0 Å². The van der Waals surface area contributed by atoms with E-state index in [0.717, 1.165) is 15.4 Å². The van der Waals surface area contributed by atoms with Crippen LogP contribution in [0.3, 0.4) is 0 Å². The normalized spacial score (nSPS) is 13.3. The van der Waals surface area contributed by atoms with Gasteiger partial charge in [0.2, 0.25) is 10.0 Å². The van der Waals surface area contributed by atoms with Crippen molar-refractivity contribution in [1.82, 2.24) is 15.0 Å². The molecule has 1 unspecified atom stereocenters. The average molecular weight is 325 g/mol. The van der Waals surface area contributed by atoms with E-state index >= 15 is 0 Å². The van der Waals surface area contributed by atoms with E-state index in [9.17, 15) is 8.42 Å². The van der Waals surface area contributed by atoms with Crippen LogP contribution in [-0.2, 0) is 16.6 Å². The lowest BCUT2D eigenvalue weighted by molar-refractivity contribution is 0.566. The minimum absolute atomic E-state index is 0.273. The van der Waals surface area contributed by atoms with E-state index in [-0.39, 0.29) is 10.9 Å². The monoisotopic (exact) mass is 325 g/mol. The van der Waals surface area contributed by atoms with Gasteiger partial charge in [0, 0.05) is 17.6 Å². The highest BCUT2D eigenvalue weighted by Crippen LogP contribution is 2.21. The maximum atomic E-state index is 12.4. The predicted molar refractivity (Wildman–Crippen MR) is 84.8 cm³/mol. The first kappa shape index (κ1) is 16.1. The summed E-state index contributed by atoms with van der Waals surface area (Å²) in [7, 11) is -1.72. The van der Waals surface area contributed by atoms with Crippen molar-refractivity contribution in [2.24, 2.45) is 0 Å². The van der Waals surface area contributed by atoms with Gasteiger partial charge in [0.15, 0.2) is 0 Å². The fourth-order valence-corrected chi connectivity index (χ4v) is 4.08. The molecule has 21 heavy (non-hydrogen) atoms. The van der Waals surface area contributed by atoms with Gasteiger partial charge in [-0.05, 0) is 38.6 Å².